The van der Waals surface area contributed by atoms with E-state index in [1.54, 1.807) is 0 Å². The minimum Gasteiger partial charge on any atom is -0.206 e. The molecule has 0 unspecified atom stereocenters. The summed E-state index contributed by atoms with van der Waals surface area (Å²) in [5.74, 6) is -0.107. The molecule has 0 aliphatic heterocycles. The van der Waals surface area contributed by atoms with Crippen molar-refractivity contribution in [3.63, 3.8) is 0 Å². The molecule has 0 heterocycles. The summed E-state index contributed by atoms with van der Waals surface area (Å²) in [6, 6.07) is 11.7. The molecule has 0 saturated carbocycles. The molecule has 0 saturated heterocycles. The molecule has 0 amide bonds. The molecule has 0 aromatic heterocycles. The summed E-state index contributed by atoms with van der Waals surface area (Å²) in [6.45, 7) is 3.75. The maximum absolute atomic E-state index is 14.1. The summed E-state index contributed by atoms with van der Waals surface area (Å²) < 4.78 is 15.2. The number of aryl methyl sites for hydroxylation is 1. The summed E-state index contributed by atoms with van der Waals surface area (Å²) in [4.78, 5) is 0. The van der Waals surface area contributed by atoms with Gasteiger partial charge in [-0.25, -0.2) is 4.39 Å². The molecule has 0 N–H and O–H groups in total. The Morgan fingerprint density at radius 2 is 1.62 bits per heavy atom. The van der Waals surface area contributed by atoms with E-state index in [9.17, 15) is 4.39 Å². The quantitative estimate of drug-likeness (QED) is 0.666. The summed E-state index contributed by atoms with van der Waals surface area (Å²) in [7, 11) is 0. The van der Waals surface area contributed by atoms with Gasteiger partial charge in [0.2, 0.25) is 0 Å². The molecule has 0 nitrogen and oxygen atoms in total. The molecule has 0 aliphatic rings. The second-order valence-corrected chi connectivity index (χ2v) is 5.01. The smallest absolute Gasteiger partial charge is 0.134 e. The van der Waals surface area contributed by atoms with Crippen molar-refractivity contribution in [1.29, 1.82) is 0 Å². The van der Waals surface area contributed by atoms with Gasteiger partial charge in [-0.2, -0.15) is 0 Å². The fourth-order valence-electron chi connectivity index (χ4n) is 1.67. The standard InChI is InChI=1S/C14H12FI/c1-9-7-8-12(14(15)10(9)2)11-5-3-4-6-13(11)16/h3-8H,1-2H3. The van der Waals surface area contributed by atoms with Gasteiger partial charge >= 0.3 is 0 Å². The van der Waals surface area contributed by atoms with E-state index in [0.717, 1.165) is 20.3 Å². The zero-order valence-corrected chi connectivity index (χ0v) is 11.4. The minimum atomic E-state index is -0.107. The van der Waals surface area contributed by atoms with E-state index in [2.05, 4.69) is 22.6 Å². The van der Waals surface area contributed by atoms with E-state index in [1.807, 2.05) is 50.2 Å². The topological polar surface area (TPSA) is 0 Å². The van der Waals surface area contributed by atoms with Crippen molar-refractivity contribution in [2.24, 2.45) is 0 Å². The van der Waals surface area contributed by atoms with Crippen LogP contribution in [0, 0.1) is 23.2 Å². The van der Waals surface area contributed by atoms with Crippen LogP contribution in [0.2, 0.25) is 0 Å². The first-order valence-electron chi connectivity index (χ1n) is 5.12. The van der Waals surface area contributed by atoms with Crippen molar-refractivity contribution in [2.45, 2.75) is 13.8 Å². The van der Waals surface area contributed by atoms with Gasteiger partial charge in [0.25, 0.3) is 0 Å². The van der Waals surface area contributed by atoms with E-state index in [4.69, 9.17) is 0 Å². The third kappa shape index (κ3) is 1.98. The Kier molecular flexibility index (Phi) is 3.28. The highest BCUT2D eigenvalue weighted by atomic mass is 127. The van der Waals surface area contributed by atoms with Gasteiger partial charge in [0.1, 0.15) is 5.82 Å². The predicted octanol–water partition coefficient (Wildman–Crippen LogP) is 4.71. The molecule has 0 bridgehead atoms. The summed E-state index contributed by atoms with van der Waals surface area (Å²) in [5.41, 5.74) is 3.38. The van der Waals surface area contributed by atoms with Crippen LogP contribution in [-0.2, 0) is 0 Å². The largest absolute Gasteiger partial charge is 0.206 e. The van der Waals surface area contributed by atoms with Gasteiger partial charge in [0.15, 0.2) is 0 Å². The molecule has 2 rings (SSSR count). The minimum absolute atomic E-state index is 0.107. The van der Waals surface area contributed by atoms with E-state index in [0.29, 0.717) is 5.56 Å². The average Bonchev–Trinajstić information content (AvgIpc) is 2.28. The Morgan fingerprint density at radius 1 is 0.938 bits per heavy atom. The average molecular weight is 326 g/mol. The van der Waals surface area contributed by atoms with Gasteiger partial charge in [-0.05, 0) is 59.2 Å². The highest BCUT2D eigenvalue weighted by Gasteiger charge is 2.11. The van der Waals surface area contributed by atoms with Crippen molar-refractivity contribution in [2.75, 3.05) is 0 Å². The number of hydrogen-bond donors (Lipinski definition) is 0. The van der Waals surface area contributed by atoms with Crippen molar-refractivity contribution in [1.82, 2.24) is 0 Å². The summed E-state index contributed by atoms with van der Waals surface area (Å²) >= 11 is 2.23. The highest BCUT2D eigenvalue weighted by Crippen LogP contribution is 2.29. The van der Waals surface area contributed by atoms with Crippen molar-refractivity contribution >= 4 is 22.6 Å². The van der Waals surface area contributed by atoms with E-state index in [1.165, 1.54) is 0 Å². The molecule has 0 fully saturated rings. The van der Waals surface area contributed by atoms with Crippen molar-refractivity contribution in [3.05, 3.63) is 56.9 Å². The lowest BCUT2D eigenvalue weighted by Crippen LogP contribution is -1.93. The zero-order valence-electron chi connectivity index (χ0n) is 9.22. The first kappa shape index (κ1) is 11.6. The maximum Gasteiger partial charge on any atom is 0.134 e. The molecule has 0 atom stereocenters. The third-order valence-electron chi connectivity index (χ3n) is 2.82. The normalized spacial score (nSPS) is 10.5. The van der Waals surface area contributed by atoms with Crippen LogP contribution in [-0.4, -0.2) is 0 Å². The Labute approximate surface area is 109 Å². The molecule has 0 spiro atoms. The van der Waals surface area contributed by atoms with Crippen molar-refractivity contribution < 1.29 is 4.39 Å². The Bertz CT molecular complexity index is 532. The Balaban J connectivity index is 2.66. The number of rotatable bonds is 1. The lowest BCUT2D eigenvalue weighted by atomic mass is 9.99. The summed E-state index contributed by atoms with van der Waals surface area (Å²) in [5, 5.41) is 0. The van der Waals surface area contributed by atoms with Crippen LogP contribution >= 0.6 is 22.6 Å². The Hall–Kier alpha value is -0.900. The molecule has 0 aliphatic carbocycles. The molecule has 2 aromatic rings. The molecular weight excluding hydrogens is 314 g/mol. The molecule has 82 valence electrons. The number of hydrogen-bond acceptors (Lipinski definition) is 0. The van der Waals surface area contributed by atoms with Crippen molar-refractivity contribution in [3.8, 4) is 11.1 Å². The van der Waals surface area contributed by atoms with Gasteiger partial charge in [-0.3, -0.25) is 0 Å². The van der Waals surface area contributed by atoms with Gasteiger partial charge < -0.3 is 0 Å². The first-order chi connectivity index (χ1) is 7.61. The SMILES string of the molecule is Cc1ccc(-c2ccccc2I)c(F)c1C. The van der Waals surface area contributed by atoms with Crippen LogP contribution in [0.3, 0.4) is 0 Å². The Morgan fingerprint density at radius 3 is 2.31 bits per heavy atom. The number of halogens is 2. The molecule has 2 aromatic carbocycles. The van der Waals surface area contributed by atoms with Crippen LogP contribution in [0.4, 0.5) is 4.39 Å². The van der Waals surface area contributed by atoms with Crippen LogP contribution in [0.5, 0.6) is 0 Å². The fraction of sp³-hybridized carbons (Fsp3) is 0.143. The lowest BCUT2D eigenvalue weighted by molar-refractivity contribution is 0.620. The molecule has 0 radical (unpaired) electrons. The number of benzene rings is 2. The first-order valence-corrected chi connectivity index (χ1v) is 6.19. The van der Waals surface area contributed by atoms with Crippen LogP contribution < -0.4 is 0 Å². The second-order valence-electron chi connectivity index (χ2n) is 3.85. The zero-order chi connectivity index (χ0) is 11.7. The predicted molar refractivity (Wildman–Crippen MR) is 74.0 cm³/mol. The second kappa shape index (κ2) is 4.53. The maximum atomic E-state index is 14.1. The summed E-state index contributed by atoms with van der Waals surface area (Å²) in [6.07, 6.45) is 0. The van der Waals surface area contributed by atoms with E-state index in [-0.39, 0.29) is 5.82 Å². The monoisotopic (exact) mass is 326 g/mol. The highest BCUT2D eigenvalue weighted by molar-refractivity contribution is 14.1. The van der Waals surface area contributed by atoms with E-state index < -0.39 is 0 Å². The van der Waals surface area contributed by atoms with Crippen LogP contribution in [0.25, 0.3) is 11.1 Å². The third-order valence-corrected chi connectivity index (χ3v) is 3.76. The molecule has 16 heavy (non-hydrogen) atoms. The van der Waals surface area contributed by atoms with Gasteiger partial charge in [0, 0.05) is 9.13 Å². The van der Waals surface area contributed by atoms with Crippen LogP contribution in [0.15, 0.2) is 36.4 Å². The lowest BCUT2D eigenvalue weighted by Gasteiger charge is -2.09. The van der Waals surface area contributed by atoms with Gasteiger partial charge in [0.05, 0.1) is 0 Å². The van der Waals surface area contributed by atoms with E-state index >= 15 is 0 Å². The fourth-order valence-corrected chi connectivity index (χ4v) is 2.35. The molecular formula is C14H12FI. The van der Waals surface area contributed by atoms with Gasteiger partial charge in [-0.1, -0.05) is 30.3 Å². The van der Waals surface area contributed by atoms with Gasteiger partial charge in [-0.15, -0.1) is 0 Å². The molecule has 2 heteroatoms. The van der Waals surface area contributed by atoms with Crippen LogP contribution in [0.1, 0.15) is 11.1 Å².